The van der Waals surface area contributed by atoms with Crippen molar-refractivity contribution in [2.24, 2.45) is 0 Å². The van der Waals surface area contributed by atoms with Gasteiger partial charge < -0.3 is 10.2 Å². The van der Waals surface area contributed by atoms with Crippen molar-refractivity contribution in [1.29, 1.82) is 0 Å². The molecule has 1 N–H and O–H groups in total. The molecule has 1 atom stereocenters. The molecular weight excluding hydrogens is 172 g/mol. The lowest BCUT2D eigenvalue weighted by molar-refractivity contribution is 0.285. The minimum atomic E-state index is 0.576. The molecule has 0 saturated heterocycles. The van der Waals surface area contributed by atoms with Crippen molar-refractivity contribution in [3.05, 3.63) is 29.3 Å². The van der Waals surface area contributed by atoms with E-state index in [2.05, 4.69) is 49.4 Å². The van der Waals surface area contributed by atoms with E-state index in [1.807, 2.05) is 0 Å². The second-order valence-corrected chi connectivity index (χ2v) is 4.29. The Bertz CT molecular complexity index is 331. The topological polar surface area (TPSA) is 15.3 Å². The van der Waals surface area contributed by atoms with Crippen molar-refractivity contribution in [1.82, 2.24) is 4.90 Å². The molecule has 0 saturated carbocycles. The molecule has 76 valence electrons. The molecule has 2 nitrogen and oxygen atoms in total. The molecule has 1 aliphatic heterocycles. The molecule has 14 heavy (non-hydrogen) atoms. The van der Waals surface area contributed by atoms with E-state index in [9.17, 15) is 0 Å². The molecule has 1 heterocycles. The minimum absolute atomic E-state index is 0.576. The first-order valence-electron chi connectivity index (χ1n) is 5.19. The monoisotopic (exact) mass is 190 g/mol. The van der Waals surface area contributed by atoms with E-state index in [1.165, 1.54) is 23.2 Å². The van der Waals surface area contributed by atoms with E-state index in [1.54, 1.807) is 0 Å². The first-order chi connectivity index (χ1) is 6.68. The zero-order chi connectivity index (χ0) is 10.1. The molecule has 1 aromatic carbocycles. The van der Waals surface area contributed by atoms with Gasteiger partial charge in [0.1, 0.15) is 0 Å². The quantitative estimate of drug-likeness (QED) is 0.731. The van der Waals surface area contributed by atoms with E-state index in [4.69, 9.17) is 0 Å². The fourth-order valence-electron chi connectivity index (χ4n) is 2.15. The molecule has 0 aliphatic carbocycles. The van der Waals surface area contributed by atoms with Crippen molar-refractivity contribution in [2.75, 3.05) is 26.0 Å². The summed E-state index contributed by atoms with van der Waals surface area (Å²) >= 11 is 0. The van der Waals surface area contributed by atoms with Crippen LogP contribution in [-0.4, -0.2) is 25.5 Å². The maximum Gasteiger partial charge on any atom is 0.0391 e. The molecule has 2 heteroatoms. The Hall–Kier alpha value is -1.02. The highest BCUT2D eigenvalue weighted by atomic mass is 15.1. The highest BCUT2D eigenvalue weighted by molar-refractivity contribution is 5.56. The number of fused-ring (bicyclic) bond motifs is 1. The second kappa shape index (κ2) is 3.62. The number of rotatable bonds is 1. The normalized spacial score (nSPS) is 20.4. The molecule has 1 unspecified atom stereocenters. The standard InChI is InChI=1S/C12H18N2/c1-9-4-5-10-11(8-9)13-7-6-12(10)14(2)3/h4-5,8,12-13H,6-7H2,1-3H3. The summed E-state index contributed by atoms with van der Waals surface area (Å²) in [6.45, 7) is 3.22. The summed E-state index contributed by atoms with van der Waals surface area (Å²) in [5.41, 5.74) is 4.08. The highest BCUT2D eigenvalue weighted by Gasteiger charge is 2.20. The van der Waals surface area contributed by atoms with E-state index < -0.39 is 0 Å². The predicted octanol–water partition coefficient (Wildman–Crippen LogP) is 2.41. The summed E-state index contributed by atoms with van der Waals surface area (Å²) in [6.07, 6.45) is 1.20. The summed E-state index contributed by atoms with van der Waals surface area (Å²) in [4.78, 5) is 2.30. The van der Waals surface area contributed by atoms with Crippen LogP contribution in [0.1, 0.15) is 23.6 Å². The molecule has 0 amide bonds. The van der Waals surface area contributed by atoms with Crippen molar-refractivity contribution in [3.63, 3.8) is 0 Å². The lowest BCUT2D eigenvalue weighted by Gasteiger charge is -2.31. The number of nitrogens with zero attached hydrogens (tertiary/aromatic N) is 1. The zero-order valence-electron chi connectivity index (χ0n) is 9.17. The van der Waals surface area contributed by atoms with Crippen LogP contribution in [-0.2, 0) is 0 Å². The lowest BCUT2D eigenvalue weighted by Crippen LogP contribution is -2.27. The summed E-state index contributed by atoms with van der Waals surface area (Å²) in [5.74, 6) is 0. The molecule has 1 aromatic rings. The Morgan fingerprint density at radius 3 is 2.86 bits per heavy atom. The number of nitrogens with one attached hydrogen (secondary N) is 1. The number of hydrogen-bond donors (Lipinski definition) is 1. The molecule has 1 aliphatic rings. The maximum absolute atomic E-state index is 3.46. The van der Waals surface area contributed by atoms with Crippen LogP contribution in [0.4, 0.5) is 5.69 Å². The zero-order valence-corrected chi connectivity index (χ0v) is 9.17. The molecule has 2 rings (SSSR count). The number of benzene rings is 1. The predicted molar refractivity (Wildman–Crippen MR) is 60.7 cm³/mol. The summed E-state index contributed by atoms with van der Waals surface area (Å²) in [7, 11) is 4.30. The number of hydrogen-bond acceptors (Lipinski definition) is 2. The van der Waals surface area contributed by atoms with Crippen LogP contribution in [0.3, 0.4) is 0 Å². The Labute approximate surface area is 85.9 Å². The number of aryl methyl sites for hydroxylation is 1. The van der Waals surface area contributed by atoms with Crippen LogP contribution in [0.2, 0.25) is 0 Å². The Morgan fingerprint density at radius 2 is 2.14 bits per heavy atom. The third-order valence-electron chi connectivity index (χ3n) is 2.92. The fraction of sp³-hybridized carbons (Fsp3) is 0.500. The second-order valence-electron chi connectivity index (χ2n) is 4.29. The van der Waals surface area contributed by atoms with Crippen LogP contribution < -0.4 is 5.32 Å². The van der Waals surface area contributed by atoms with Gasteiger partial charge in [0.05, 0.1) is 0 Å². The van der Waals surface area contributed by atoms with Gasteiger partial charge in [0.25, 0.3) is 0 Å². The van der Waals surface area contributed by atoms with Gasteiger partial charge in [0.2, 0.25) is 0 Å². The molecule has 0 spiro atoms. The van der Waals surface area contributed by atoms with Gasteiger partial charge in [-0.1, -0.05) is 12.1 Å². The van der Waals surface area contributed by atoms with Crippen molar-refractivity contribution in [3.8, 4) is 0 Å². The first kappa shape index (κ1) is 9.53. The Kier molecular flexibility index (Phi) is 2.46. The van der Waals surface area contributed by atoms with Crippen molar-refractivity contribution < 1.29 is 0 Å². The van der Waals surface area contributed by atoms with Gasteiger partial charge in [-0.25, -0.2) is 0 Å². The summed E-state index contributed by atoms with van der Waals surface area (Å²) in [5, 5.41) is 3.46. The van der Waals surface area contributed by atoms with Crippen LogP contribution in [0.25, 0.3) is 0 Å². The average molecular weight is 190 g/mol. The van der Waals surface area contributed by atoms with Crippen LogP contribution in [0.15, 0.2) is 18.2 Å². The van der Waals surface area contributed by atoms with Gasteiger partial charge in [0, 0.05) is 18.3 Å². The third kappa shape index (κ3) is 1.62. The largest absolute Gasteiger partial charge is 0.385 e. The highest BCUT2D eigenvalue weighted by Crippen LogP contribution is 2.33. The van der Waals surface area contributed by atoms with Gasteiger partial charge >= 0.3 is 0 Å². The van der Waals surface area contributed by atoms with Crippen LogP contribution >= 0.6 is 0 Å². The Morgan fingerprint density at radius 1 is 1.36 bits per heavy atom. The van der Waals surface area contributed by atoms with Crippen LogP contribution in [0.5, 0.6) is 0 Å². The van der Waals surface area contributed by atoms with E-state index in [0.29, 0.717) is 6.04 Å². The average Bonchev–Trinajstić information content (AvgIpc) is 2.16. The summed E-state index contributed by atoms with van der Waals surface area (Å²) in [6, 6.07) is 7.27. The Balaban J connectivity index is 2.40. The van der Waals surface area contributed by atoms with E-state index in [0.717, 1.165) is 6.54 Å². The minimum Gasteiger partial charge on any atom is -0.385 e. The molecular formula is C12H18N2. The first-order valence-corrected chi connectivity index (χ1v) is 5.19. The van der Waals surface area contributed by atoms with E-state index >= 15 is 0 Å². The third-order valence-corrected chi connectivity index (χ3v) is 2.92. The SMILES string of the molecule is Cc1ccc2c(c1)NCCC2N(C)C. The maximum atomic E-state index is 3.46. The van der Waals surface area contributed by atoms with Crippen LogP contribution in [0, 0.1) is 6.92 Å². The van der Waals surface area contributed by atoms with Crippen molar-refractivity contribution >= 4 is 5.69 Å². The van der Waals surface area contributed by atoms with Gasteiger partial charge in [0.15, 0.2) is 0 Å². The molecule has 0 bridgehead atoms. The lowest BCUT2D eigenvalue weighted by atomic mass is 9.96. The van der Waals surface area contributed by atoms with Gasteiger partial charge in [-0.05, 0) is 44.6 Å². The smallest absolute Gasteiger partial charge is 0.0391 e. The molecule has 0 fully saturated rings. The summed E-state index contributed by atoms with van der Waals surface area (Å²) < 4.78 is 0. The number of anilines is 1. The van der Waals surface area contributed by atoms with Gasteiger partial charge in [-0.3, -0.25) is 0 Å². The molecule has 0 radical (unpaired) electrons. The fourth-order valence-corrected chi connectivity index (χ4v) is 2.15. The molecule has 0 aromatic heterocycles. The van der Waals surface area contributed by atoms with Gasteiger partial charge in [-0.15, -0.1) is 0 Å². The van der Waals surface area contributed by atoms with Gasteiger partial charge in [-0.2, -0.15) is 0 Å². The van der Waals surface area contributed by atoms with E-state index in [-0.39, 0.29) is 0 Å². The van der Waals surface area contributed by atoms with Crippen molar-refractivity contribution in [2.45, 2.75) is 19.4 Å².